The maximum atomic E-state index is 9.33. The molecule has 0 fully saturated rings. The van der Waals surface area contributed by atoms with Crippen molar-refractivity contribution in [2.45, 2.75) is 34.8 Å². The van der Waals surface area contributed by atoms with Gasteiger partial charge in [-0.1, -0.05) is 60.7 Å². The predicted molar refractivity (Wildman–Crippen MR) is 117 cm³/mol. The predicted octanol–water partition coefficient (Wildman–Crippen LogP) is 4.37. The van der Waals surface area contributed by atoms with Crippen LogP contribution in [0.15, 0.2) is 60.7 Å². The summed E-state index contributed by atoms with van der Waals surface area (Å²) in [4.78, 5) is 0. The summed E-state index contributed by atoms with van der Waals surface area (Å²) in [6.45, 7) is 1.62. The molecule has 0 aliphatic carbocycles. The van der Waals surface area contributed by atoms with Gasteiger partial charge in [-0.15, -0.1) is 0 Å². The third-order valence-corrected chi connectivity index (χ3v) is 6.85. The number of aliphatic hydroxyl groups excluding tert-OH is 2. The van der Waals surface area contributed by atoms with Gasteiger partial charge in [0.25, 0.3) is 0 Å². The van der Waals surface area contributed by atoms with E-state index in [1.165, 1.54) is 11.1 Å². The van der Waals surface area contributed by atoms with Crippen LogP contribution in [0.5, 0.6) is 0 Å². The smallest absolute Gasteiger partial charge is 0.0586 e. The van der Waals surface area contributed by atoms with Crippen molar-refractivity contribution in [3.63, 3.8) is 0 Å². The molecule has 0 heterocycles. The molecule has 0 bridgehead atoms. The monoisotopic (exact) mass is 406 g/mol. The topological polar surface area (TPSA) is 49.7 Å². The molecule has 2 unspecified atom stereocenters. The third-order valence-electron chi connectivity index (χ3n) is 4.17. The highest BCUT2D eigenvalue weighted by Gasteiger charge is 2.13. The normalized spacial score (nSPS) is 13.4. The van der Waals surface area contributed by atoms with Gasteiger partial charge < -0.3 is 14.9 Å². The van der Waals surface area contributed by atoms with Crippen molar-refractivity contribution in [1.29, 1.82) is 0 Å². The molecule has 0 spiro atoms. The maximum absolute atomic E-state index is 9.33. The summed E-state index contributed by atoms with van der Waals surface area (Å²) in [7, 11) is 0. The highest BCUT2D eigenvalue weighted by molar-refractivity contribution is 7.99. The highest BCUT2D eigenvalue weighted by Crippen LogP contribution is 2.23. The first-order valence-electron chi connectivity index (χ1n) is 9.42. The quantitative estimate of drug-likeness (QED) is 0.488. The molecule has 0 saturated carbocycles. The number of rotatable bonds is 14. The lowest BCUT2D eigenvalue weighted by atomic mass is 10.2. The molecule has 0 radical (unpaired) electrons. The van der Waals surface area contributed by atoms with E-state index in [1.54, 1.807) is 0 Å². The van der Waals surface area contributed by atoms with Crippen LogP contribution in [0.4, 0.5) is 0 Å². The van der Waals surface area contributed by atoms with Crippen LogP contribution in [0.3, 0.4) is 0 Å². The van der Waals surface area contributed by atoms with Gasteiger partial charge in [0.2, 0.25) is 0 Å². The Balaban J connectivity index is 1.72. The van der Waals surface area contributed by atoms with Crippen LogP contribution in [0, 0.1) is 0 Å². The van der Waals surface area contributed by atoms with Gasteiger partial charge in [0.05, 0.1) is 13.2 Å². The van der Waals surface area contributed by atoms with Crippen molar-refractivity contribution in [2.24, 2.45) is 0 Å². The number of thioether (sulfide) groups is 2. The van der Waals surface area contributed by atoms with Gasteiger partial charge in [-0.05, 0) is 24.0 Å². The van der Waals surface area contributed by atoms with Crippen molar-refractivity contribution in [2.75, 3.05) is 26.4 Å². The molecule has 2 aromatic rings. The van der Waals surface area contributed by atoms with E-state index in [-0.39, 0.29) is 23.7 Å². The molecule has 0 aliphatic rings. The first kappa shape index (κ1) is 22.3. The lowest BCUT2D eigenvalue weighted by molar-refractivity contribution is 0.124. The Bertz CT molecular complexity index is 542. The van der Waals surface area contributed by atoms with Crippen LogP contribution >= 0.6 is 23.5 Å². The van der Waals surface area contributed by atoms with E-state index in [2.05, 4.69) is 48.5 Å². The zero-order chi connectivity index (χ0) is 19.2. The third kappa shape index (κ3) is 9.67. The summed E-state index contributed by atoms with van der Waals surface area (Å²) in [6.07, 6.45) is 1.47. The number of benzene rings is 2. The van der Waals surface area contributed by atoms with E-state index < -0.39 is 0 Å². The maximum Gasteiger partial charge on any atom is 0.0586 e. The Morgan fingerprint density at radius 1 is 0.667 bits per heavy atom. The summed E-state index contributed by atoms with van der Waals surface area (Å²) in [5, 5.41) is 19.2. The van der Waals surface area contributed by atoms with Gasteiger partial charge >= 0.3 is 0 Å². The molecule has 2 rings (SSSR count). The molecule has 2 atom stereocenters. The number of ether oxygens (including phenoxy) is 1. The molecule has 148 valence electrons. The fraction of sp³-hybridized carbons (Fsp3) is 0.455. The van der Waals surface area contributed by atoms with Crippen LogP contribution in [-0.4, -0.2) is 47.1 Å². The standard InChI is InChI=1S/C22H30O3S2/c23-13-11-21(26-17-19-7-3-1-4-8-19)15-25-16-22(12-14-24)27-18-20-9-5-2-6-10-20/h1-10,21-24H,11-18H2. The number of hydrogen-bond donors (Lipinski definition) is 2. The Morgan fingerprint density at radius 2 is 1.07 bits per heavy atom. The van der Waals surface area contributed by atoms with Crippen LogP contribution in [0.1, 0.15) is 24.0 Å². The zero-order valence-corrected chi connectivity index (χ0v) is 17.3. The number of aliphatic hydroxyl groups is 2. The van der Waals surface area contributed by atoms with E-state index in [1.807, 2.05) is 35.7 Å². The average molecular weight is 407 g/mol. The van der Waals surface area contributed by atoms with E-state index >= 15 is 0 Å². The van der Waals surface area contributed by atoms with Crippen molar-refractivity contribution in [1.82, 2.24) is 0 Å². The SMILES string of the molecule is OCCC(COCC(CCO)SCc1ccccc1)SCc1ccccc1. The Morgan fingerprint density at radius 3 is 1.44 bits per heavy atom. The van der Waals surface area contributed by atoms with Gasteiger partial charge in [-0.25, -0.2) is 0 Å². The first-order chi connectivity index (χ1) is 13.3. The van der Waals surface area contributed by atoms with Crippen LogP contribution in [0.25, 0.3) is 0 Å². The van der Waals surface area contributed by atoms with Crippen LogP contribution in [0.2, 0.25) is 0 Å². The van der Waals surface area contributed by atoms with Gasteiger partial charge in [-0.3, -0.25) is 0 Å². The largest absolute Gasteiger partial charge is 0.396 e. The fourth-order valence-corrected chi connectivity index (χ4v) is 4.80. The molecule has 2 N–H and O–H groups in total. The number of hydrogen-bond acceptors (Lipinski definition) is 5. The molecule has 27 heavy (non-hydrogen) atoms. The molecule has 0 saturated heterocycles. The fourth-order valence-electron chi connectivity index (χ4n) is 2.63. The minimum absolute atomic E-state index is 0.179. The van der Waals surface area contributed by atoms with E-state index in [9.17, 15) is 10.2 Å². The van der Waals surface area contributed by atoms with Crippen molar-refractivity contribution < 1.29 is 14.9 Å². The van der Waals surface area contributed by atoms with Gasteiger partial charge in [0, 0.05) is 35.2 Å². The second kappa shape index (κ2) is 14.1. The molecule has 5 heteroatoms. The lowest BCUT2D eigenvalue weighted by Crippen LogP contribution is -2.20. The Kier molecular flexibility index (Phi) is 11.6. The van der Waals surface area contributed by atoms with Gasteiger partial charge in [0.15, 0.2) is 0 Å². The summed E-state index contributed by atoms with van der Waals surface area (Å²) in [6, 6.07) is 20.8. The summed E-state index contributed by atoms with van der Waals surface area (Å²) < 4.78 is 5.98. The van der Waals surface area contributed by atoms with E-state index in [4.69, 9.17) is 4.74 Å². The Labute approximate surface area is 171 Å². The Hall–Kier alpha value is -0.980. The molecule has 0 amide bonds. The van der Waals surface area contributed by atoms with Crippen molar-refractivity contribution >= 4 is 23.5 Å². The van der Waals surface area contributed by atoms with Crippen LogP contribution < -0.4 is 0 Å². The van der Waals surface area contributed by atoms with Crippen LogP contribution in [-0.2, 0) is 16.2 Å². The van der Waals surface area contributed by atoms with Crippen molar-refractivity contribution in [3.05, 3.63) is 71.8 Å². The molecule has 2 aromatic carbocycles. The van der Waals surface area contributed by atoms with E-state index in [0.29, 0.717) is 13.2 Å². The summed E-state index contributed by atoms with van der Waals surface area (Å²) in [5.41, 5.74) is 2.59. The molecular formula is C22H30O3S2. The van der Waals surface area contributed by atoms with Crippen molar-refractivity contribution in [3.8, 4) is 0 Å². The second-order valence-electron chi connectivity index (χ2n) is 6.40. The van der Waals surface area contributed by atoms with E-state index in [0.717, 1.165) is 24.3 Å². The minimum atomic E-state index is 0.179. The molecule has 3 nitrogen and oxygen atoms in total. The molecular weight excluding hydrogens is 376 g/mol. The molecule has 0 aromatic heterocycles. The zero-order valence-electron chi connectivity index (χ0n) is 15.7. The second-order valence-corrected chi connectivity index (χ2v) is 8.98. The minimum Gasteiger partial charge on any atom is -0.396 e. The molecule has 0 aliphatic heterocycles. The van der Waals surface area contributed by atoms with Gasteiger partial charge in [0.1, 0.15) is 0 Å². The van der Waals surface area contributed by atoms with Gasteiger partial charge in [-0.2, -0.15) is 23.5 Å². The lowest BCUT2D eigenvalue weighted by Gasteiger charge is -2.19. The summed E-state index contributed by atoms with van der Waals surface area (Å²) >= 11 is 3.67. The first-order valence-corrected chi connectivity index (χ1v) is 11.5. The average Bonchev–Trinajstić information content (AvgIpc) is 2.71. The highest BCUT2D eigenvalue weighted by atomic mass is 32.2. The summed E-state index contributed by atoms with van der Waals surface area (Å²) in [5.74, 6) is 1.86.